The summed E-state index contributed by atoms with van der Waals surface area (Å²) in [6.07, 6.45) is 7.67. The number of para-hydroxylation sites is 1. The fourth-order valence-corrected chi connectivity index (χ4v) is 3.52. The molecule has 1 aromatic carbocycles. The van der Waals surface area contributed by atoms with Crippen LogP contribution < -0.4 is 5.32 Å². The maximum absolute atomic E-state index is 3.84. The van der Waals surface area contributed by atoms with Crippen LogP contribution in [0.2, 0.25) is 0 Å². The molecule has 0 saturated carbocycles. The van der Waals surface area contributed by atoms with Crippen molar-refractivity contribution < 1.29 is 0 Å². The highest BCUT2D eigenvalue weighted by Gasteiger charge is 2.24. The number of aromatic nitrogens is 1. The summed E-state index contributed by atoms with van der Waals surface area (Å²) in [5.41, 5.74) is 4.29. The van der Waals surface area contributed by atoms with Crippen molar-refractivity contribution in [1.82, 2.24) is 10.3 Å². The van der Waals surface area contributed by atoms with Gasteiger partial charge in [-0.1, -0.05) is 38.0 Å². The van der Waals surface area contributed by atoms with Gasteiger partial charge in [0.1, 0.15) is 0 Å². The van der Waals surface area contributed by atoms with Crippen molar-refractivity contribution in [2.75, 3.05) is 0 Å². The van der Waals surface area contributed by atoms with Crippen LogP contribution in [0, 0.1) is 0 Å². The number of unbranched alkanes of at least 4 members (excludes halogenated alkanes) is 1. The first-order chi connectivity index (χ1) is 9.79. The Kier molecular flexibility index (Phi) is 4.11. The fraction of sp³-hybridized carbons (Fsp3) is 0.556. The van der Waals surface area contributed by atoms with E-state index in [1.165, 1.54) is 55.1 Å². The molecular weight excluding hydrogens is 244 g/mol. The molecule has 2 heteroatoms. The molecule has 1 aliphatic rings. The quantitative estimate of drug-likeness (QED) is 0.809. The number of hydrogen-bond donors (Lipinski definition) is 2. The highest BCUT2D eigenvalue weighted by molar-refractivity contribution is 5.85. The maximum atomic E-state index is 3.84. The van der Waals surface area contributed by atoms with Crippen molar-refractivity contribution in [2.24, 2.45) is 0 Å². The Morgan fingerprint density at radius 2 is 2.20 bits per heavy atom. The third kappa shape index (κ3) is 2.62. The normalized spacial score (nSPS) is 20.0. The molecule has 3 rings (SSSR count). The minimum absolute atomic E-state index is 0.512. The molecule has 1 heterocycles. The van der Waals surface area contributed by atoms with Crippen molar-refractivity contribution in [2.45, 2.75) is 64.5 Å². The van der Waals surface area contributed by atoms with Gasteiger partial charge in [0, 0.05) is 28.7 Å². The Hall–Kier alpha value is -1.28. The topological polar surface area (TPSA) is 27.8 Å². The van der Waals surface area contributed by atoms with Gasteiger partial charge in [0.15, 0.2) is 0 Å². The molecule has 20 heavy (non-hydrogen) atoms. The van der Waals surface area contributed by atoms with Crippen molar-refractivity contribution in [3.8, 4) is 0 Å². The highest BCUT2D eigenvalue weighted by atomic mass is 15.0. The number of fused-ring (bicyclic) bond motifs is 3. The summed E-state index contributed by atoms with van der Waals surface area (Å²) in [4.78, 5) is 3.67. The SMILES string of the molecule is CCCCC(C)NC1CCCc2c1[nH]c1ccccc21. The molecule has 2 N–H and O–H groups in total. The third-order valence-corrected chi connectivity index (χ3v) is 4.59. The van der Waals surface area contributed by atoms with Crippen LogP contribution in [0.4, 0.5) is 0 Å². The molecule has 0 radical (unpaired) electrons. The number of hydrogen-bond acceptors (Lipinski definition) is 1. The number of benzene rings is 1. The minimum Gasteiger partial charge on any atom is -0.357 e. The Morgan fingerprint density at radius 3 is 3.05 bits per heavy atom. The van der Waals surface area contributed by atoms with Gasteiger partial charge in [0.05, 0.1) is 0 Å². The van der Waals surface area contributed by atoms with E-state index in [1.807, 2.05) is 0 Å². The molecule has 0 spiro atoms. The molecule has 1 aliphatic carbocycles. The summed E-state index contributed by atoms with van der Waals surface area (Å²) in [6.45, 7) is 4.59. The van der Waals surface area contributed by atoms with Crippen molar-refractivity contribution in [1.29, 1.82) is 0 Å². The number of rotatable bonds is 5. The van der Waals surface area contributed by atoms with Gasteiger partial charge >= 0.3 is 0 Å². The van der Waals surface area contributed by atoms with Gasteiger partial charge in [-0.15, -0.1) is 0 Å². The van der Waals surface area contributed by atoms with E-state index in [4.69, 9.17) is 0 Å². The van der Waals surface area contributed by atoms with Crippen LogP contribution in [-0.2, 0) is 6.42 Å². The highest BCUT2D eigenvalue weighted by Crippen LogP contribution is 2.34. The predicted molar refractivity (Wildman–Crippen MR) is 86.1 cm³/mol. The summed E-state index contributed by atoms with van der Waals surface area (Å²) in [5, 5.41) is 5.27. The molecule has 2 unspecified atom stereocenters. The number of aromatic amines is 1. The van der Waals surface area contributed by atoms with Gasteiger partial charge < -0.3 is 10.3 Å². The van der Waals surface area contributed by atoms with Crippen LogP contribution in [0.15, 0.2) is 24.3 Å². The molecule has 2 atom stereocenters. The third-order valence-electron chi connectivity index (χ3n) is 4.59. The van der Waals surface area contributed by atoms with Gasteiger partial charge in [0.25, 0.3) is 0 Å². The standard InChI is InChI=1S/C18H26N2/c1-3-4-8-13(2)19-17-12-7-10-15-14-9-5-6-11-16(14)20-18(15)17/h5-6,9,11,13,17,19-20H,3-4,7-8,10,12H2,1-2H3. The first-order valence-electron chi connectivity index (χ1n) is 8.15. The van der Waals surface area contributed by atoms with E-state index < -0.39 is 0 Å². The van der Waals surface area contributed by atoms with Gasteiger partial charge in [-0.2, -0.15) is 0 Å². The molecule has 0 fully saturated rings. The molecule has 2 nitrogen and oxygen atoms in total. The van der Waals surface area contributed by atoms with E-state index in [0.717, 1.165) is 0 Å². The summed E-state index contributed by atoms with van der Waals surface area (Å²) in [7, 11) is 0. The largest absolute Gasteiger partial charge is 0.357 e. The zero-order chi connectivity index (χ0) is 13.9. The predicted octanol–water partition coefficient (Wildman–Crippen LogP) is 4.71. The molecule has 0 aliphatic heterocycles. The lowest BCUT2D eigenvalue weighted by Crippen LogP contribution is -2.32. The maximum Gasteiger partial charge on any atom is 0.0478 e. The second-order valence-corrected chi connectivity index (χ2v) is 6.22. The van der Waals surface area contributed by atoms with Crippen molar-refractivity contribution in [3.05, 3.63) is 35.5 Å². The summed E-state index contributed by atoms with van der Waals surface area (Å²) in [6, 6.07) is 9.85. The average Bonchev–Trinajstić information content (AvgIpc) is 2.85. The van der Waals surface area contributed by atoms with Gasteiger partial charge in [-0.3, -0.25) is 0 Å². The molecule has 108 valence electrons. The van der Waals surface area contributed by atoms with Crippen LogP contribution in [0.1, 0.15) is 63.3 Å². The second kappa shape index (κ2) is 6.01. The number of H-pyrrole nitrogens is 1. The van der Waals surface area contributed by atoms with Crippen LogP contribution in [-0.4, -0.2) is 11.0 Å². The Morgan fingerprint density at radius 1 is 1.35 bits per heavy atom. The van der Waals surface area contributed by atoms with E-state index in [-0.39, 0.29) is 0 Å². The lowest BCUT2D eigenvalue weighted by atomic mass is 9.91. The lowest BCUT2D eigenvalue weighted by molar-refractivity contribution is 0.385. The monoisotopic (exact) mass is 270 g/mol. The summed E-state index contributed by atoms with van der Waals surface area (Å²) >= 11 is 0. The minimum atomic E-state index is 0.512. The molecule has 0 saturated heterocycles. The summed E-state index contributed by atoms with van der Waals surface area (Å²) in [5.74, 6) is 0. The van der Waals surface area contributed by atoms with Crippen LogP contribution in [0.25, 0.3) is 10.9 Å². The zero-order valence-corrected chi connectivity index (χ0v) is 12.7. The van der Waals surface area contributed by atoms with Gasteiger partial charge in [0.2, 0.25) is 0 Å². The van der Waals surface area contributed by atoms with E-state index in [0.29, 0.717) is 12.1 Å². The molecule has 1 aromatic heterocycles. The average molecular weight is 270 g/mol. The van der Waals surface area contributed by atoms with E-state index >= 15 is 0 Å². The number of nitrogens with one attached hydrogen (secondary N) is 2. The van der Waals surface area contributed by atoms with Crippen molar-refractivity contribution >= 4 is 10.9 Å². The zero-order valence-electron chi connectivity index (χ0n) is 12.7. The Bertz CT molecular complexity index is 570. The van der Waals surface area contributed by atoms with E-state index in [2.05, 4.69) is 48.4 Å². The molecule has 2 aromatic rings. The van der Waals surface area contributed by atoms with Crippen LogP contribution in [0.3, 0.4) is 0 Å². The molecular formula is C18H26N2. The first-order valence-corrected chi connectivity index (χ1v) is 8.15. The molecule has 0 bridgehead atoms. The van der Waals surface area contributed by atoms with Crippen molar-refractivity contribution in [3.63, 3.8) is 0 Å². The first kappa shape index (κ1) is 13.7. The second-order valence-electron chi connectivity index (χ2n) is 6.22. The van der Waals surface area contributed by atoms with E-state index in [1.54, 1.807) is 5.56 Å². The summed E-state index contributed by atoms with van der Waals surface area (Å²) < 4.78 is 0. The Balaban J connectivity index is 1.82. The molecule has 0 amide bonds. The fourth-order valence-electron chi connectivity index (χ4n) is 3.52. The lowest BCUT2D eigenvalue weighted by Gasteiger charge is -2.27. The van der Waals surface area contributed by atoms with E-state index in [9.17, 15) is 0 Å². The van der Waals surface area contributed by atoms with Crippen LogP contribution in [0.5, 0.6) is 0 Å². The number of aryl methyl sites for hydroxylation is 1. The smallest absolute Gasteiger partial charge is 0.0478 e. The van der Waals surface area contributed by atoms with Crippen LogP contribution >= 0.6 is 0 Å². The van der Waals surface area contributed by atoms with Gasteiger partial charge in [-0.05, 0) is 44.2 Å². The van der Waals surface area contributed by atoms with Gasteiger partial charge in [-0.25, -0.2) is 0 Å². The Labute approximate surface area is 122 Å².